The predicted octanol–water partition coefficient (Wildman–Crippen LogP) is 3.40. The van der Waals surface area contributed by atoms with Crippen LogP contribution in [-0.2, 0) is 20.8 Å². The Kier molecular flexibility index (Phi) is 7.62. The van der Waals surface area contributed by atoms with Crippen LogP contribution in [0.15, 0.2) is 42.5 Å². The maximum atomic E-state index is 10.9. The zero-order chi connectivity index (χ0) is 21.5. The quantitative estimate of drug-likeness (QED) is 0.321. The first kappa shape index (κ1) is 22.7. The fourth-order valence-corrected chi connectivity index (χ4v) is 2.91. The molecule has 2 aromatic rings. The van der Waals surface area contributed by atoms with Crippen molar-refractivity contribution < 1.29 is 39.0 Å². The lowest BCUT2D eigenvalue weighted by atomic mass is 10.1. The van der Waals surface area contributed by atoms with Gasteiger partial charge in [0.15, 0.2) is 0 Å². The third kappa shape index (κ3) is 8.96. The van der Waals surface area contributed by atoms with E-state index < -0.39 is 32.3 Å². The number of hydrogen-bond acceptors (Lipinski definition) is 7. The zero-order valence-electron chi connectivity index (χ0n) is 15.4. The molecular formula is C18H20O9S2. The van der Waals surface area contributed by atoms with Crippen molar-refractivity contribution in [1.82, 2.24) is 0 Å². The van der Waals surface area contributed by atoms with Gasteiger partial charge in [-0.3, -0.25) is 9.11 Å². The van der Waals surface area contributed by atoms with E-state index in [1.807, 2.05) is 0 Å². The largest absolute Gasteiger partial charge is 0.494 e. The number of rotatable bonds is 10. The smallest absolute Gasteiger partial charge is 0.446 e. The minimum absolute atomic E-state index is 0.285. The molecule has 0 spiro atoms. The Labute approximate surface area is 169 Å². The molecule has 9 nitrogen and oxygen atoms in total. The third-order valence-electron chi connectivity index (χ3n) is 3.42. The Morgan fingerprint density at radius 1 is 0.793 bits per heavy atom. The molecule has 0 atom stereocenters. The van der Waals surface area contributed by atoms with Crippen LogP contribution >= 0.6 is 0 Å². The van der Waals surface area contributed by atoms with Crippen molar-refractivity contribution >= 4 is 33.0 Å². The second kappa shape index (κ2) is 9.74. The van der Waals surface area contributed by atoms with Gasteiger partial charge in [0.25, 0.3) is 0 Å². The van der Waals surface area contributed by atoms with Crippen molar-refractivity contribution in [3.63, 3.8) is 0 Å². The summed E-state index contributed by atoms with van der Waals surface area (Å²) in [7, 11) is -9.68. The van der Waals surface area contributed by atoms with Gasteiger partial charge in [0, 0.05) is 6.07 Å². The molecule has 0 saturated carbocycles. The SMILES string of the molecule is CCCCOc1ccc(/C=C/c2cc(OS(=O)(=O)O)cc(OS(=O)(=O)O)c2)cc1. The van der Waals surface area contributed by atoms with Crippen molar-refractivity contribution in [3.8, 4) is 17.2 Å². The highest BCUT2D eigenvalue weighted by molar-refractivity contribution is 7.81. The molecule has 0 aliphatic carbocycles. The number of benzene rings is 2. The van der Waals surface area contributed by atoms with Crippen LogP contribution in [0.1, 0.15) is 30.9 Å². The van der Waals surface area contributed by atoms with Gasteiger partial charge >= 0.3 is 20.8 Å². The summed E-state index contributed by atoms with van der Waals surface area (Å²) in [6.07, 6.45) is 5.18. The molecule has 0 fully saturated rings. The van der Waals surface area contributed by atoms with Crippen LogP contribution in [0.3, 0.4) is 0 Å². The molecule has 11 heteroatoms. The first-order valence-electron chi connectivity index (χ1n) is 8.44. The summed E-state index contributed by atoms with van der Waals surface area (Å²) in [5, 5.41) is 0. The van der Waals surface area contributed by atoms with E-state index in [1.165, 1.54) is 18.2 Å². The zero-order valence-corrected chi connectivity index (χ0v) is 17.0. The van der Waals surface area contributed by atoms with E-state index in [-0.39, 0.29) is 5.56 Å². The molecular weight excluding hydrogens is 424 g/mol. The van der Waals surface area contributed by atoms with E-state index in [9.17, 15) is 16.8 Å². The molecule has 158 valence electrons. The average Bonchev–Trinajstić information content (AvgIpc) is 2.58. The molecule has 0 bridgehead atoms. The number of ether oxygens (including phenoxy) is 1. The molecule has 0 radical (unpaired) electrons. The molecule has 0 aliphatic heterocycles. The fourth-order valence-electron chi connectivity index (χ4n) is 2.23. The maximum Gasteiger partial charge on any atom is 0.446 e. The molecule has 0 heterocycles. The van der Waals surface area contributed by atoms with E-state index in [1.54, 1.807) is 30.3 Å². The molecule has 2 N–H and O–H groups in total. The van der Waals surface area contributed by atoms with Gasteiger partial charge in [-0.2, -0.15) is 16.8 Å². The van der Waals surface area contributed by atoms with Gasteiger partial charge in [0.2, 0.25) is 0 Å². The van der Waals surface area contributed by atoms with Crippen molar-refractivity contribution in [2.45, 2.75) is 19.8 Å². The number of hydrogen-bond donors (Lipinski definition) is 2. The van der Waals surface area contributed by atoms with Crippen molar-refractivity contribution in [1.29, 1.82) is 0 Å². The summed E-state index contributed by atoms with van der Waals surface area (Å²) in [5.41, 5.74) is 1.07. The van der Waals surface area contributed by atoms with Crippen LogP contribution in [0.2, 0.25) is 0 Å². The Bertz CT molecular complexity index is 1000. The van der Waals surface area contributed by atoms with Crippen molar-refractivity contribution in [3.05, 3.63) is 53.6 Å². The maximum absolute atomic E-state index is 10.9. The van der Waals surface area contributed by atoms with Crippen LogP contribution in [0.25, 0.3) is 12.2 Å². The molecule has 0 aliphatic rings. The molecule has 0 amide bonds. The molecule has 29 heavy (non-hydrogen) atoms. The predicted molar refractivity (Wildman–Crippen MR) is 107 cm³/mol. The van der Waals surface area contributed by atoms with Crippen LogP contribution in [-0.4, -0.2) is 32.5 Å². The minimum atomic E-state index is -4.84. The lowest BCUT2D eigenvalue weighted by molar-refractivity contribution is 0.309. The molecule has 0 aromatic heterocycles. The van der Waals surface area contributed by atoms with E-state index in [4.69, 9.17) is 13.8 Å². The lowest BCUT2D eigenvalue weighted by Crippen LogP contribution is -2.09. The summed E-state index contributed by atoms with van der Waals surface area (Å²) in [6.45, 7) is 2.70. The van der Waals surface area contributed by atoms with Gasteiger partial charge in [0.05, 0.1) is 6.61 Å². The van der Waals surface area contributed by atoms with E-state index >= 15 is 0 Å². The first-order valence-corrected chi connectivity index (χ1v) is 11.2. The Morgan fingerprint density at radius 3 is 1.79 bits per heavy atom. The van der Waals surface area contributed by atoms with Crippen LogP contribution in [0.4, 0.5) is 0 Å². The second-order valence-electron chi connectivity index (χ2n) is 5.86. The lowest BCUT2D eigenvalue weighted by Gasteiger charge is -2.07. The van der Waals surface area contributed by atoms with E-state index in [0.717, 1.165) is 30.2 Å². The van der Waals surface area contributed by atoms with Gasteiger partial charge < -0.3 is 13.1 Å². The van der Waals surface area contributed by atoms with Crippen molar-refractivity contribution in [2.75, 3.05) is 6.61 Å². The summed E-state index contributed by atoms with van der Waals surface area (Å²) in [4.78, 5) is 0. The topological polar surface area (TPSA) is 136 Å². The molecule has 0 saturated heterocycles. The van der Waals surface area contributed by atoms with Gasteiger partial charge in [0.1, 0.15) is 17.2 Å². The summed E-state index contributed by atoms with van der Waals surface area (Å²) >= 11 is 0. The van der Waals surface area contributed by atoms with Crippen LogP contribution in [0, 0.1) is 0 Å². The Balaban J connectivity index is 2.23. The molecule has 0 unspecified atom stereocenters. The van der Waals surface area contributed by atoms with E-state index in [2.05, 4.69) is 15.3 Å². The minimum Gasteiger partial charge on any atom is -0.494 e. The number of unbranched alkanes of at least 4 members (excludes halogenated alkanes) is 1. The summed E-state index contributed by atoms with van der Waals surface area (Å²) < 4.78 is 75.5. The van der Waals surface area contributed by atoms with Crippen LogP contribution < -0.4 is 13.1 Å². The molecule has 2 aromatic carbocycles. The summed E-state index contributed by atoms with van der Waals surface area (Å²) in [5.74, 6) is -0.0936. The highest BCUT2D eigenvalue weighted by atomic mass is 32.3. The standard InChI is InChI=1S/C18H20O9S2/c1-2-3-10-25-16-8-6-14(7-9-16)4-5-15-11-17(26-28(19,20)21)13-18(12-15)27-29(22,23)24/h4-9,11-13H,2-3,10H2,1H3,(H,19,20,21)(H,22,23,24)/b5-4+. The Hall–Kier alpha value is -2.60. The van der Waals surface area contributed by atoms with Gasteiger partial charge in [-0.25, -0.2) is 0 Å². The highest BCUT2D eigenvalue weighted by Crippen LogP contribution is 2.26. The Morgan fingerprint density at radius 2 is 1.31 bits per heavy atom. The van der Waals surface area contributed by atoms with Gasteiger partial charge in [-0.05, 0) is 41.8 Å². The molecule has 2 rings (SSSR count). The fraction of sp³-hybridized carbons (Fsp3) is 0.222. The highest BCUT2D eigenvalue weighted by Gasteiger charge is 2.13. The summed E-state index contributed by atoms with van der Waals surface area (Å²) in [6, 6.07) is 10.5. The normalized spacial score (nSPS) is 12.1. The van der Waals surface area contributed by atoms with Crippen molar-refractivity contribution in [2.24, 2.45) is 0 Å². The first-order chi connectivity index (χ1) is 13.5. The van der Waals surface area contributed by atoms with E-state index in [0.29, 0.717) is 6.61 Å². The average molecular weight is 444 g/mol. The van der Waals surface area contributed by atoms with Gasteiger partial charge in [-0.1, -0.05) is 37.6 Å². The van der Waals surface area contributed by atoms with Gasteiger partial charge in [-0.15, -0.1) is 0 Å². The van der Waals surface area contributed by atoms with Crippen LogP contribution in [0.5, 0.6) is 17.2 Å². The second-order valence-corrected chi connectivity index (χ2v) is 7.91. The monoisotopic (exact) mass is 444 g/mol. The third-order valence-corrected chi connectivity index (χ3v) is 4.23.